The van der Waals surface area contributed by atoms with Crippen molar-refractivity contribution in [3.8, 4) is 0 Å². The Morgan fingerprint density at radius 1 is 0.949 bits per heavy atom. The molecule has 8 heteroatoms. The molecule has 3 unspecified atom stereocenters. The predicted octanol–water partition coefficient (Wildman–Crippen LogP) is 5.72. The first-order chi connectivity index (χ1) is 18.4. The number of nitrogens with one attached hydrogen (secondary N) is 2. The average molecular weight is 548 g/mol. The topological polar surface area (TPSA) is 108 Å². The number of ether oxygens (including phenoxy) is 1. The lowest BCUT2D eigenvalue weighted by Crippen LogP contribution is -2.55. The van der Waals surface area contributed by atoms with Crippen LogP contribution in [0, 0.1) is 13.8 Å². The van der Waals surface area contributed by atoms with Gasteiger partial charge in [0, 0.05) is 12.6 Å². The Morgan fingerprint density at radius 2 is 1.54 bits per heavy atom. The van der Waals surface area contributed by atoms with E-state index in [1.165, 1.54) is 0 Å². The summed E-state index contributed by atoms with van der Waals surface area (Å²) in [6.07, 6.45) is 7.04. The van der Waals surface area contributed by atoms with Crippen molar-refractivity contribution in [2.45, 2.75) is 130 Å². The maximum atomic E-state index is 14.0. The number of carbonyl (C=O) groups is 3. The summed E-state index contributed by atoms with van der Waals surface area (Å²) in [5.41, 5.74) is 1.81. The molecule has 0 saturated heterocycles. The summed E-state index contributed by atoms with van der Waals surface area (Å²) in [4.78, 5) is 42.0. The summed E-state index contributed by atoms with van der Waals surface area (Å²) in [5.74, 6) is -0.774. The highest BCUT2D eigenvalue weighted by Crippen LogP contribution is 2.29. The fraction of sp³-hybridized carbons (Fsp3) is 0.710. The summed E-state index contributed by atoms with van der Waals surface area (Å²) in [6.45, 7) is 15.0. The third kappa shape index (κ3) is 12.0. The molecule has 0 spiro atoms. The van der Waals surface area contributed by atoms with Crippen molar-refractivity contribution in [3.63, 3.8) is 0 Å². The number of amides is 3. The van der Waals surface area contributed by atoms with E-state index in [2.05, 4.69) is 24.5 Å². The van der Waals surface area contributed by atoms with Gasteiger partial charge < -0.3 is 25.4 Å². The first kappa shape index (κ1) is 34.4. The van der Waals surface area contributed by atoms with Crippen LogP contribution in [0.2, 0.25) is 0 Å². The second-order valence-electron chi connectivity index (χ2n) is 11.6. The highest BCUT2D eigenvalue weighted by atomic mass is 16.6. The number of alkyl carbamates (subject to hydrolysis) is 1. The first-order valence-electron chi connectivity index (χ1n) is 14.6. The Balaban J connectivity index is 3.46. The van der Waals surface area contributed by atoms with Crippen LogP contribution in [0.15, 0.2) is 18.2 Å². The zero-order valence-corrected chi connectivity index (χ0v) is 25.6. The van der Waals surface area contributed by atoms with Crippen LogP contribution in [-0.2, 0) is 14.3 Å². The molecule has 1 aromatic rings. The lowest BCUT2D eigenvalue weighted by molar-refractivity contribution is -0.143. The van der Waals surface area contributed by atoms with Crippen LogP contribution in [-0.4, -0.2) is 58.8 Å². The second-order valence-corrected chi connectivity index (χ2v) is 11.6. The van der Waals surface area contributed by atoms with Gasteiger partial charge in [-0.2, -0.15) is 0 Å². The molecule has 0 aliphatic carbocycles. The quantitative estimate of drug-likeness (QED) is 0.229. The monoisotopic (exact) mass is 547 g/mol. The molecule has 1 aromatic carbocycles. The van der Waals surface area contributed by atoms with Gasteiger partial charge in [-0.15, -0.1) is 0 Å². The minimum atomic E-state index is -1.24. The van der Waals surface area contributed by atoms with Crippen molar-refractivity contribution in [2.75, 3.05) is 13.2 Å². The van der Waals surface area contributed by atoms with Crippen LogP contribution >= 0.6 is 0 Å². The minimum absolute atomic E-state index is 0.0613. The molecule has 0 radical (unpaired) electrons. The predicted molar refractivity (Wildman–Crippen MR) is 157 cm³/mol. The Labute approximate surface area is 236 Å². The molecule has 0 bridgehead atoms. The van der Waals surface area contributed by atoms with Gasteiger partial charge in [0.25, 0.3) is 0 Å². The molecule has 0 heterocycles. The summed E-state index contributed by atoms with van der Waals surface area (Å²) in [6, 6.07) is 3.61. The van der Waals surface area contributed by atoms with Gasteiger partial charge in [0.05, 0.1) is 6.61 Å². The molecule has 8 nitrogen and oxygen atoms in total. The summed E-state index contributed by atoms with van der Waals surface area (Å²) in [7, 11) is 0. The van der Waals surface area contributed by atoms with Crippen LogP contribution < -0.4 is 10.6 Å². The number of unbranched alkanes of at least 4 members (excludes halogenated alkanes) is 5. The SMILES string of the molecule is CCCCCCCCN(C(=O)C(CO)NC(=O)OC(C)(C)C)C(C(=O)NC(C)CCC)c1c(C)cccc1C. The zero-order chi connectivity index (χ0) is 29.6. The Morgan fingerprint density at radius 3 is 2.08 bits per heavy atom. The van der Waals surface area contributed by atoms with E-state index in [1.807, 2.05) is 39.0 Å². The summed E-state index contributed by atoms with van der Waals surface area (Å²) < 4.78 is 5.34. The molecule has 0 aliphatic rings. The van der Waals surface area contributed by atoms with Crippen LogP contribution in [0.25, 0.3) is 0 Å². The fourth-order valence-corrected chi connectivity index (χ4v) is 4.78. The van der Waals surface area contributed by atoms with E-state index in [0.29, 0.717) is 13.0 Å². The number of hydrogen-bond donors (Lipinski definition) is 3. The van der Waals surface area contributed by atoms with Crippen LogP contribution in [0.1, 0.15) is 116 Å². The first-order valence-corrected chi connectivity index (χ1v) is 14.6. The number of rotatable bonds is 16. The Hall–Kier alpha value is -2.61. The maximum Gasteiger partial charge on any atom is 0.408 e. The number of nitrogens with zero attached hydrogens (tertiary/aromatic N) is 1. The normalized spacial score (nSPS) is 13.8. The lowest BCUT2D eigenvalue weighted by Gasteiger charge is -2.36. The number of aliphatic hydroxyl groups excluding tert-OH is 1. The highest BCUT2D eigenvalue weighted by Gasteiger charge is 2.37. The van der Waals surface area contributed by atoms with E-state index in [0.717, 1.165) is 61.6 Å². The molecule has 222 valence electrons. The fourth-order valence-electron chi connectivity index (χ4n) is 4.78. The highest BCUT2D eigenvalue weighted by molar-refractivity contribution is 5.92. The van der Waals surface area contributed by atoms with Gasteiger partial charge in [0.2, 0.25) is 11.8 Å². The molecule has 39 heavy (non-hydrogen) atoms. The Bertz CT molecular complexity index is 892. The maximum absolute atomic E-state index is 14.0. The number of benzene rings is 1. The van der Waals surface area contributed by atoms with Gasteiger partial charge in [-0.05, 0) is 71.1 Å². The Kier molecular flexibility index (Phi) is 15.1. The van der Waals surface area contributed by atoms with Crippen LogP contribution in [0.4, 0.5) is 4.79 Å². The van der Waals surface area contributed by atoms with Crippen molar-refractivity contribution in [3.05, 3.63) is 34.9 Å². The van der Waals surface area contributed by atoms with Crippen molar-refractivity contribution in [2.24, 2.45) is 0 Å². The van der Waals surface area contributed by atoms with Gasteiger partial charge in [-0.1, -0.05) is 70.6 Å². The van der Waals surface area contributed by atoms with Gasteiger partial charge in [0.15, 0.2) is 0 Å². The molecular weight excluding hydrogens is 494 g/mol. The molecule has 0 aromatic heterocycles. The molecule has 0 aliphatic heterocycles. The number of aliphatic hydroxyl groups is 1. The molecule has 1 rings (SSSR count). The molecule has 0 saturated carbocycles. The lowest BCUT2D eigenvalue weighted by atomic mass is 9.93. The van der Waals surface area contributed by atoms with Crippen LogP contribution in [0.5, 0.6) is 0 Å². The van der Waals surface area contributed by atoms with E-state index in [-0.39, 0.29) is 11.9 Å². The minimum Gasteiger partial charge on any atom is -0.444 e. The second kappa shape index (κ2) is 17.2. The van der Waals surface area contributed by atoms with E-state index in [4.69, 9.17) is 4.74 Å². The molecular formula is C31H53N3O5. The van der Waals surface area contributed by atoms with Crippen LogP contribution in [0.3, 0.4) is 0 Å². The molecule has 3 N–H and O–H groups in total. The van der Waals surface area contributed by atoms with Gasteiger partial charge >= 0.3 is 6.09 Å². The molecule has 0 fully saturated rings. The van der Waals surface area contributed by atoms with E-state index >= 15 is 0 Å². The smallest absolute Gasteiger partial charge is 0.408 e. The third-order valence-electron chi connectivity index (χ3n) is 6.69. The largest absolute Gasteiger partial charge is 0.444 e. The zero-order valence-electron chi connectivity index (χ0n) is 25.6. The number of aryl methyl sites for hydroxylation is 2. The van der Waals surface area contributed by atoms with E-state index in [1.54, 1.807) is 25.7 Å². The summed E-state index contributed by atoms with van der Waals surface area (Å²) >= 11 is 0. The van der Waals surface area contributed by atoms with Gasteiger partial charge in [-0.3, -0.25) is 9.59 Å². The standard InChI is InChI=1S/C31H53N3O5/c1-9-11-12-13-14-15-20-34(29(37)25(21-35)33-30(38)39-31(6,7)8)27(28(36)32-24(5)17-10-2)26-22(3)18-16-19-23(26)4/h16,18-19,24-25,27,35H,9-15,17,20-21H2,1-8H3,(H,32,36)(H,33,38). The van der Waals surface area contributed by atoms with Gasteiger partial charge in [-0.25, -0.2) is 4.79 Å². The molecule has 3 atom stereocenters. The number of hydrogen-bond acceptors (Lipinski definition) is 5. The van der Waals surface area contributed by atoms with Crippen molar-refractivity contribution < 1.29 is 24.2 Å². The van der Waals surface area contributed by atoms with E-state index in [9.17, 15) is 19.5 Å². The molecule has 3 amide bonds. The average Bonchev–Trinajstić information content (AvgIpc) is 2.83. The summed E-state index contributed by atoms with van der Waals surface area (Å²) in [5, 5.41) is 15.8. The number of carbonyl (C=O) groups excluding carboxylic acids is 3. The van der Waals surface area contributed by atoms with Gasteiger partial charge in [0.1, 0.15) is 17.7 Å². The van der Waals surface area contributed by atoms with Crippen molar-refractivity contribution >= 4 is 17.9 Å². The van der Waals surface area contributed by atoms with E-state index < -0.39 is 36.3 Å². The third-order valence-corrected chi connectivity index (χ3v) is 6.69. The van der Waals surface area contributed by atoms with Crippen molar-refractivity contribution in [1.82, 2.24) is 15.5 Å². The van der Waals surface area contributed by atoms with Crippen molar-refractivity contribution in [1.29, 1.82) is 0 Å².